The first kappa shape index (κ1) is 21.4. The third-order valence-corrected chi connectivity index (χ3v) is 7.43. The predicted molar refractivity (Wildman–Crippen MR) is 127 cm³/mol. The van der Waals surface area contributed by atoms with Crippen molar-refractivity contribution in [3.05, 3.63) is 60.4 Å². The van der Waals surface area contributed by atoms with Crippen molar-refractivity contribution in [2.75, 3.05) is 11.8 Å². The molecule has 0 spiro atoms. The largest absolute Gasteiger partial charge is 0.497 e. The van der Waals surface area contributed by atoms with Crippen LogP contribution in [0.4, 0.5) is 5.82 Å². The molecule has 1 N–H and O–H groups in total. The lowest BCUT2D eigenvalue weighted by Gasteiger charge is -2.16. The number of sulfonamides is 1. The highest BCUT2D eigenvalue weighted by Gasteiger charge is 2.27. The van der Waals surface area contributed by atoms with Crippen molar-refractivity contribution in [1.29, 1.82) is 0 Å². The Balaban J connectivity index is 1.63. The molecule has 0 amide bonds. The summed E-state index contributed by atoms with van der Waals surface area (Å²) in [5.74, 6) is 1.68. The van der Waals surface area contributed by atoms with E-state index in [-0.39, 0.29) is 16.8 Å². The lowest BCUT2D eigenvalue weighted by Crippen LogP contribution is -2.14. The summed E-state index contributed by atoms with van der Waals surface area (Å²) in [5.41, 5.74) is 2.96. The molecule has 9 heteroatoms. The van der Waals surface area contributed by atoms with Gasteiger partial charge in [0, 0.05) is 11.6 Å². The molecule has 2 aromatic carbocycles. The van der Waals surface area contributed by atoms with Gasteiger partial charge in [0.05, 0.1) is 12.0 Å². The average molecular weight is 464 g/mol. The fourth-order valence-corrected chi connectivity index (χ4v) is 5.36. The van der Waals surface area contributed by atoms with Gasteiger partial charge in [0.15, 0.2) is 17.0 Å². The summed E-state index contributed by atoms with van der Waals surface area (Å²) in [6, 6.07) is 14.6. The zero-order valence-corrected chi connectivity index (χ0v) is 19.3. The van der Waals surface area contributed by atoms with Gasteiger partial charge < -0.3 is 9.30 Å². The minimum atomic E-state index is -3.82. The summed E-state index contributed by atoms with van der Waals surface area (Å²) in [6.07, 6.45) is 5.74. The van der Waals surface area contributed by atoms with Crippen LogP contribution in [0.1, 0.15) is 37.3 Å². The van der Waals surface area contributed by atoms with Gasteiger partial charge >= 0.3 is 0 Å². The van der Waals surface area contributed by atoms with Crippen molar-refractivity contribution in [3.63, 3.8) is 0 Å². The second kappa shape index (κ2) is 8.47. The number of rotatable bonds is 6. The molecule has 8 nitrogen and oxygen atoms in total. The maximum Gasteiger partial charge on any atom is 0.263 e. The Bertz CT molecular complexity index is 1390. The second-order valence-corrected chi connectivity index (χ2v) is 9.97. The van der Waals surface area contributed by atoms with Crippen LogP contribution in [0.3, 0.4) is 0 Å². The smallest absolute Gasteiger partial charge is 0.263 e. The van der Waals surface area contributed by atoms with Gasteiger partial charge in [-0.2, -0.15) is 0 Å². The molecule has 33 heavy (non-hydrogen) atoms. The van der Waals surface area contributed by atoms with Gasteiger partial charge in [0.2, 0.25) is 0 Å². The van der Waals surface area contributed by atoms with Gasteiger partial charge in [0.1, 0.15) is 17.9 Å². The van der Waals surface area contributed by atoms with Crippen LogP contribution >= 0.6 is 0 Å². The highest BCUT2D eigenvalue weighted by molar-refractivity contribution is 7.92. The Labute approximate surface area is 192 Å². The fourth-order valence-electron chi connectivity index (χ4n) is 4.34. The minimum absolute atomic E-state index is 0.172. The third kappa shape index (κ3) is 4.04. The van der Waals surface area contributed by atoms with Gasteiger partial charge in [-0.05, 0) is 56.2 Å². The normalized spacial score (nSPS) is 14.6. The number of nitrogens with zero attached hydrogens (tertiary/aromatic N) is 4. The van der Waals surface area contributed by atoms with E-state index in [4.69, 9.17) is 9.72 Å². The van der Waals surface area contributed by atoms with E-state index in [9.17, 15) is 8.42 Å². The summed E-state index contributed by atoms with van der Waals surface area (Å²) in [5, 5.41) is 0. The molecule has 0 bridgehead atoms. The number of nitrogens with one attached hydrogen (secondary N) is 1. The quantitative estimate of drug-likeness (QED) is 0.444. The number of ether oxygens (including phenoxy) is 1. The summed E-state index contributed by atoms with van der Waals surface area (Å²) in [4.78, 5) is 13.8. The maximum absolute atomic E-state index is 13.0. The summed E-state index contributed by atoms with van der Waals surface area (Å²) in [6.45, 7) is 1.91. The Morgan fingerprint density at radius 1 is 1.00 bits per heavy atom. The molecule has 0 radical (unpaired) electrons. The van der Waals surface area contributed by atoms with E-state index in [0.717, 1.165) is 48.4 Å². The molecular weight excluding hydrogens is 438 g/mol. The number of hydrogen-bond donors (Lipinski definition) is 1. The molecule has 1 saturated carbocycles. The van der Waals surface area contributed by atoms with E-state index < -0.39 is 10.0 Å². The van der Waals surface area contributed by atoms with Crippen LogP contribution in [-0.4, -0.2) is 35.0 Å². The van der Waals surface area contributed by atoms with Crippen molar-refractivity contribution in [1.82, 2.24) is 19.5 Å². The van der Waals surface area contributed by atoms with E-state index >= 15 is 0 Å². The molecular formula is C24H25N5O3S. The molecule has 4 aromatic rings. The first-order valence-electron chi connectivity index (χ1n) is 10.9. The summed E-state index contributed by atoms with van der Waals surface area (Å²) in [7, 11) is -2.19. The number of anilines is 1. The Hall–Kier alpha value is -3.46. The van der Waals surface area contributed by atoms with Crippen molar-refractivity contribution >= 4 is 27.0 Å². The molecule has 0 saturated heterocycles. The molecule has 0 unspecified atom stereocenters. The summed E-state index contributed by atoms with van der Waals surface area (Å²) < 4.78 is 36.1. The molecule has 5 rings (SSSR count). The van der Waals surface area contributed by atoms with Gasteiger partial charge in [-0.3, -0.25) is 4.72 Å². The van der Waals surface area contributed by atoms with Crippen LogP contribution in [0, 0.1) is 6.92 Å². The molecule has 0 aliphatic heterocycles. The molecule has 0 atom stereocenters. The Morgan fingerprint density at radius 2 is 1.70 bits per heavy atom. The maximum atomic E-state index is 13.0. The molecule has 1 fully saturated rings. The number of aromatic nitrogens is 4. The van der Waals surface area contributed by atoms with Crippen molar-refractivity contribution < 1.29 is 13.2 Å². The first-order chi connectivity index (χ1) is 16.0. The fraction of sp³-hybridized carbons (Fsp3) is 0.292. The molecule has 2 heterocycles. The van der Waals surface area contributed by atoms with E-state index in [1.165, 1.54) is 6.33 Å². The number of imidazole rings is 1. The van der Waals surface area contributed by atoms with Gasteiger partial charge in [-0.15, -0.1) is 0 Å². The molecule has 1 aliphatic rings. The van der Waals surface area contributed by atoms with Gasteiger partial charge in [-0.1, -0.05) is 30.5 Å². The SMILES string of the molecule is COc1ccc(-c2nc3c(NS(=O)(=O)c4ccc(C)cc4)ncnc3n2C2CCCC2)cc1. The molecule has 170 valence electrons. The van der Waals surface area contributed by atoms with Crippen LogP contribution in [0.5, 0.6) is 5.75 Å². The lowest BCUT2D eigenvalue weighted by molar-refractivity contribution is 0.415. The van der Waals surface area contributed by atoms with E-state index in [0.29, 0.717) is 11.2 Å². The number of hydrogen-bond acceptors (Lipinski definition) is 6. The van der Waals surface area contributed by atoms with Crippen LogP contribution in [-0.2, 0) is 10.0 Å². The zero-order chi connectivity index (χ0) is 23.0. The van der Waals surface area contributed by atoms with Crippen molar-refractivity contribution in [2.45, 2.75) is 43.5 Å². The second-order valence-electron chi connectivity index (χ2n) is 8.29. The molecule has 1 aliphatic carbocycles. The topological polar surface area (TPSA) is 99.0 Å². The zero-order valence-electron chi connectivity index (χ0n) is 18.5. The molecule has 2 aromatic heterocycles. The lowest BCUT2D eigenvalue weighted by atomic mass is 10.1. The minimum Gasteiger partial charge on any atom is -0.497 e. The first-order valence-corrected chi connectivity index (χ1v) is 12.4. The van der Waals surface area contributed by atoms with Gasteiger partial charge in [0.25, 0.3) is 10.0 Å². The monoisotopic (exact) mass is 463 g/mol. The van der Waals surface area contributed by atoms with Crippen LogP contribution in [0.2, 0.25) is 0 Å². The van der Waals surface area contributed by atoms with Crippen molar-refractivity contribution in [2.24, 2.45) is 0 Å². The van der Waals surface area contributed by atoms with Crippen LogP contribution < -0.4 is 9.46 Å². The van der Waals surface area contributed by atoms with E-state index in [2.05, 4.69) is 19.3 Å². The van der Waals surface area contributed by atoms with E-state index in [1.807, 2.05) is 31.2 Å². The Kier molecular flexibility index (Phi) is 5.49. The highest BCUT2D eigenvalue weighted by atomic mass is 32.2. The summed E-state index contributed by atoms with van der Waals surface area (Å²) >= 11 is 0. The van der Waals surface area contributed by atoms with Crippen LogP contribution in [0.15, 0.2) is 59.8 Å². The van der Waals surface area contributed by atoms with Crippen molar-refractivity contribution in [3.8, 4) is 17.1 Å². The van der Waals surface area contributed by atoms with Crippen LogP contribution in [0.25, 0.3) is 22.6 Å². The number of methoxy groups -OCH3 is 1. The predicted octanol–water partition coefficient (Wildman–Crippen LogP) is 4.73. The Morgan fingerprint density at radius 3 is 2.36 bits per heavy atom. The highest BCUT2D eigenvalue weighted by Crippen LogP contribution is 2.38. The number of aryl methyl sites for hydroxylation is 1. The van der Waals surface area contributed by atoms with E-state index in [1.54, 1.807) is 31.4 Å². The third-order valence-electron chi connectivity index (χ3n) is 6.08. The number of fused-ring (bicyclic) bond motifs is 1. The standard InChI is InChI=1S/C24H25N5O3S/c1-16-7-13-20(14-8-16)33(30,31)28-22-21-24(26-15-25-22)29(18-5-3-4-6-18)23(27-21)17-9-11-19(32-2)12-10-17/h7-15,18H,3-6H2,1-2H3,(H,25,26,28). The average Bonchev–Trinajstić information content (AvgIpc) is 3.47. The van der Waals surface area contributed by atoms with Gasteiger partial charge in [-0.25, -0.2) is 23.4 Å². The number of benzene rings is 2.